The lowest BCUT2D eigenvalue weighted by atomic mass is 10.1. The summed E-state index contributed by atoms with van der Waals surface area (Å²) >= 11 is 0. The van der Waals surface area contributed by atoms with Crippen LogP contribution in [0.4, 0.5) is 4.39 Å². The predicted molar refractivity (Wildman–Crippen MR) is 84.6 cm³/mol. The SMILES string of the molecule is COc1ccc(CCn2nnc(-c3ccc(F)c(C)c3)n2)cc1. The highest BCUT2D eigenvalue weighted by molar-refractivity contribution is 5.55. The van der Waals surface area contributed by atoms with Gasteiger partial charge in [-0.2, -0.15) is 4.80 Å². The number of hydrogen-bond donors (Lipinski definition) is 0. The third kappa shape index (κ3) is 3.53. The van der Waals surface area contributed by atoms with Gasteiger partial charge in [-0.05, 0) is 60.0 Å². The van der Waals surface area contributed by atoms with Crippen LogP contribution in [0.25, 0.3) is 11.4 Å². The fraction of sp³-hybridized carbons (Fsp3) is 0.235. The van der Waals surface area contributed by atoms with E-state index in [1.807, 2.05) is 24.3 Å². The monoisotopic (exact) mass is 312 g/mol. The van der Waals surface area contributed by atoms with Crippen molar-refractivity contribution in [1.82, 2.24) is 20.2 Å². The molecule has 0 atom stereocenters. The zero-order valence-electron chi connectivity index (χ0n) is 13.0. The maximum Gasteiger partial charge on any atom is 0.204 e. The number of benzene rings is 2. The molecule has 1 heterocycles. The van der Waals surface area contributed by atoms with Crippen molar-refractivity contribution in [2.24, 2.45) is 0 Å². The standard InChI is InChI=1S/C17H17FN4O/c1-12-11-14(5-8-16(12)18)17-19-21-22(20-17)10-9-13-3-6-15(23-2)7-4-13/h3-8,11H,9-10H2,1-2H3. The van der Waals surface area contributed by atoms with E-state index < -0.39 is 0 Å². The van der Waals surface area contributed by atoms with Gasteiger partial charge < -0.3 is 4.74 Å². The molecule has 0 N–H and O–H groups in total. The van der Waals surface area contributed by atoms with Gasteiger partial charge in [0.15, 0.2) is 0 Å². The molecule has 0 fully saturated rings. The smallest absolute Gasteiger partial charge is 0.204 e. The van der Waals surface area contributed by atoms with Gasteiger partial charge in [0.1, 0.15) is 11.6 Å². The van der Waals surface area contributed by atoms with E-state index >= 15 is 0 Å². The van der Waals surface area contributed by atoms with Crippen molar-refractivity contribution in [1.29, 1.82) is 0 Å². The molecule has 0 aliphatic carbocycles. The van der Waals surface area contributed by atoms with Gasteiger partial charge in [-0.25, -0.2) is 4.39 Å². The van der Waals surface area contributed by atoms with E-state index in [1.165, 1.54) is 11.6 Å². The molecule has 23 heavy (non-hydrogen) atoms. The van der Waals surface area contributed by atoms with Gasteiger partial charge in [-0.3, -0.25) is 0 Å². The molecule has 0 saturated carbocycles. The van der Waals surface area contributed by atoms with E-state index in [4.69, 9.17) is 4.74 Å². The van der Waals surface area contributed by atoms with Crippen molar-refractivity contribution in [3.63, 3.8) is 0 Å². The maximum atomic E-state index is 13.3. The second-order valence-electron chi connectivity index (χ2n) is 5.27. The molecule has 0 radical (unpaired) electrons. The summed E-state index contributed by atoms with van der Waals surface area (Å²) < 4.78 is 18.4. The Morgan fingerprint density at radius 1 is 1.13 bits per heavy atom. The van der Waals surface area contributed by atoms with Crippen molar-refractivity contribution < 1.29 is 9.13 Å². The van der Waals surface area contributed by atoms with Crippen LogP contribution in [-0.2, 0) is 13.0 Å². The quantitative estimate of drug-likeness (QED) is 0.726. The van der Waals surface area contributed by atoms with Gasteiger partial charge in [-0.15, -0.1) is 10.2 Å². The number of ether oxygens (including phenoxy) is 1. The summed E-state index contributed by atoms with van der Waals surface area (Å²) in [5.41, 5.74) is 2.50. The zero-order valence-corrected chi connectivity index (χ0v) is 13.0. The molecule has 118 valence electrons. The molecule has 0 aliphatic heterocycles. The van der Waals surface area contributed by atoms with E-state index in [-0.39, 0.29) is 5.82 Å². The molecular formula is C17H17FN4O. The second kappa shape index (κ2) is 6.56. The Morgan fingerprint density at radius 3 is 2.61 bits per heavy atom. The Balaban J connectivity index is 1.67. The van der Waals surface area contributed by atoms with Crippen LogP contribution in [0.2, 0.25) is 0 Å². The van der Waals surface area contributed by atoms with Crippen LogP contribution in [0.15, 0.2) is 42.5 Å². The van der Waals surface area contributed by atoms with Crippen LogP contribution in [-0.4, -0.2) is 27.3 Å². The molecule has 5 nitrogen and oxygen atoms in total. The normalized spacial score (nSPS) is 10.7. The van der Waals surface area contributed by atoms with E-state index in [0.717, 1.165) is 17.7 Å². The van der Waals surface area contributed by atoms with Crippen molar-refractivity contribution in [3.8, 4) is 17.1 Å². The van der Waals surface area contributed by atoms with E-state index in [2.05, 4.69) is 15.4 Å². The molecule has 2 aromatic carbocycles. The van der Waals surface area contributed by atoms with Crippen LogP contribution < -0.4 is 4.74 Å². The predicted octanol–water partition coefficient (Wildman–Crippen LogP) is 3.04. The first kappa shape index (κ1) is 15.1. The van der Waals surface area contributed by atoms with Crippen LogP contribution in [0.1, 0.15) is 11.1 Å². The van der Waals surface area contributed by atoms with Crippen molar-refractivity contribution in [2.75, 3.05) is 7.11 Å². The Bertz CT molecular complexity index is 799. The molecule has 0 spiro atoms. The first-order chi connectivity index (χ1) is 11.2. The van der Waals surface area contributed by atoms with Crippen LogP contribution >= 0.6 is 0 Å². The van der Waals surface area contributed by atoms with Crippen LogP contribution in [0, 0.1) is 12.7 Å². The third-order valence-electron chi connectivity index (χ3n) is 3.63. The van der Waals surface area contributed by atoms with Crippen molar-refractivity contribution in [2.45, 2.75) is 19.9 Å². The summed E-state index contributed by atoms with van der Waals surface area (Å²) in [6.07, 6.45) is 0.794. The largest absolute Gasteiger partial charge is 0.497 e. The van der Waals surface area contributed by atoms with E-state index in [9.17, 15) is 4.39 Å². The lowest BCUT2D eigenvalue weighted by Gasteiger charge is -2.02. The highest BCUT2D eigenvalue weighted by atomic mass is 19.1. The number of rotatable bonds is 5. The molecule has 0 aliphatic rings. The summed E-state index contributed by atoms with van der Waals surface area (Å²) in [6.45, 7) is 2.34. The number of aryl methyl sites for hydroxylation is 3. The summed E-state index contributed by atoms with van der Waals surface area (Å²) in [7, 11) is 1.65. The molecule has 0 saturated heterocycles. The molecule has 0 bridgehead atoms. The number of aromatic nitrogens is 4. The van der Waals surface area contributed by atoms with E-state index in [1.54, 1.807) is 31.0 Å². The van der Waals surface area contributed by atoms with Gasteiger partial charge in [0.25, 0.3) is 0 Å². The number of nitrogens with zero attached hydrogens (tertiary/aromatic N) is 4. The lowest BCUT2D eigenvalue weighted by molar-refractivity contribution is 0.414. The van der Waals surface area contributed by atoms with Crippen LogP contribution in [0.3, 0.4) is 0 Å². The molecular weight excluding hydrogens is 295 g/mol. The number of tetrazole rings is 1. The highest BCUT2D eigenvalue weighted by Crippen LogP contribution is 2.17. The third-order valence-corrected chi connectivity index (χ3v) is 3.63. The Morgan fingerprint density at radius 2 is 1.91 bits per heavy atom. The van der Waals surface area contributed by atoms with Gasteiger partial charge in [0, 0.05) is 5.56 Å². The minimum atomic E-state index is -0.236. The van der Waals surface area contributed by atoms with Gasteiger partial charge in [-0.1, -0.05) is 12.1 Å². The van der Waals surface area contributed by atoms with Crippen molar-refractivity contribution >= 4 is 0 Å². The molecule has 0 unspecified atom stereocenters. The summed E-state index contributed by atoms with van der Waals surface area (Å²) in [5.74, 6) is 1.10. The van der Waals surface area contributed by atoms with Gasteiger partial charge >= 0.3 is 0 Å². The maximum absolute atomic E-state index is 13.3. The first-order valence-electron chi connectivity index (χ1n) is 7.33. The number of hydrogen-bond acceptors (Lipinski definition) is 4. The summed E-state index contributed by atoms with van der Waals surface area (Å²) in [4.78, 5) is 1.55. The second-order valence-corrected chi connectivity index (χ2v) is 5.27. The topological polar surface area (TPSA) is 52.8 Å². The Labute approximate surface area is 133 Å². The minimum Gasteiger partial charge on any atom is -0.497 e. The van der Waals surface area contributed by atoms with Crippen molar-refractivity contribution in [3.05, 3.63) is 59.4 Å². The molecule has 3 rings (SSSR count). The molecule has 6 heteroatoms. The lowest BCUT2D eigenvalue weighted by Crippen LogP contribution is -2.05. The van der Waals surface area contributed by atoms with Gasteiger partial charge in [0.2, 0.25) is 5.82 Å². The fourth-order valence-electron chi connectivity index (χ4n) is 2.26. The van der Waals surface area contributed by atoms with E-state index in [0.29, 0.717) is 17.9 Å². The number of halogens is 1. The molecule has 3 aromatic rings. The first-order valence-corrected chi connectivity index (χ1v) is 7.33. The average molecular weight is 312 g/mol. The molecule has 1 aromatic heterocycles. The number of methoxy groups -OCH3 is 1. The highest BCUT2D eigenvalue weighted by Gasteiger charge is 2.08. The molecule has 0 amide bonds. The van der Waals surface area contributed by atoms with Crippen LogP contribution in [0.5, 0.6) is 5.75 Å². The Kier molecular flexibility index (Phi) is 4.32. The summed E-state index contributed by atoms with van der Waals surface area (Å²) in [5, 5.41) is 12.4. The summed E-state index contributed by atoms with van der Waals surface area (Å²) in [6, 6.07) is 12.7. The zero-order chi connectivity index (χ0) is 16.2. The minimum absolute atomic E-state index is 0.236. The fourth-order valence-corrected chi connectivity index (χ4v) is 2.26. The van der Waals surface area contributed by atoms with Gasteiger partial charge in [0.05, 0.1) is 13.7 Å². The Hall–Kier alpha value is -2.76. The average Bonchev–Trinajstić information content (AvgIpc) is 3.05.